The molecule has 0 amide bonds. The Hall–Kier alpha value is -3.91. The summed E-state index contributed by atoms with van der Waals surface area (Å²) in [5.74, 6) is 0.965. The van der Waals surface area contributed by atoms with Crippen molar-refractivity contribution in [3.05, 3.63) is 109 Å². The van der Waals surface area contributed by atoms with Crippen molar-refractivity contribution in [3.63, 3.8) is 0 Å². The van der Waals surface area contributed by atoms with Crippen molar-refractivity contribution in [1.29, 1.82) is 0 Å². The molecule has 2 nitrogen and oxygen atoms in total. The molecule has 0 aliphatic rings. The van der Waals surface area contributed by atoms with Gasteiger partial charge in [-0.05, 0) is 51.9 Å². The van der Waals surface area contributed by atoms with Gasteiger partial charge in [0.2, 0.25) is 0 Å². The minimum Gasteiger partial charge on any atom is -0.292 e. The summed E-state index contributed by atoms with van der Waals surface area (Å²) < 4.78 is 2.27. The number of aromatic nitrogens is 2. The molecule has 6 rings (SSSR count). The first-order valence-corrected chi connectivity index (χ1v) is 9.83. The average molecular weight is 370 g/mol. The van der Waals surface area contributed by atoms with E-state index < -0.39 is 0 Å². The third kappa shape index (κ3) is 2.61. The van der Waals surface area contributed by atoms with Crippen molar-refractivity contribution in [3.8, 4) is 17.1 Å². The Morgan fingerprint density at radius 1 is 0.517 bits per heavy atom. The van der Waals surface area contributed by atoms with Crippen LogP contribution in [-0.2, 0) is 0 Å². The van der Waals surface area contributed by atoms with Crippen LogP contribution in [0.4, 0.5) is 0 Å². The molecule has 0 radical (unpaired) electrons. The number of nitrogens with zero attached hydrogens (tertiary/aromatic N) is 2. The monoisotopic (exact) mass is 370 g/mol. The smallest absolute Gasteiger partial charge is 0.145 e. The van der Waals surface area contributed by atoms with Gasteiger partial charge in [-0.15, -0.1) is 0 Å². The van der Waals surface area contributed by atoms with Gasteiger partial charge in [0.25, 0.3) is 0 Å². The fourth-order valence-electron chi connectivity index (χ4n) is 4.12. The van der Waals surface area contributed by atoms with E-state index >= 15 is 0 Å². The van der Waals surface area contributed by atoms with Crippen molar-refractivity contribution < 1.29 is 0 Å². The Morgan fingerprint density at radius 3 is 1.90 bits per heavy atom. The first kappa shape index (κ1) is 16.1. The molecule has 0 unspecified atom stereocenters. The summed E-state index contributed by atoms with van der Waals surface area (Å²) in [4.78, 5) is 5.08. The third-order valence-corrected chi connectivity index (χ3v) is 5.54. The Balaban J connectivity index is 1.70. The van der Waals surface area contributed by atoms with Gasteiger partial charge in [-0.2, -0.15) is 0 Å². The van der Waals surface area contributed by atoms with Gasteiger partial charge in [0.05, 0.1) is 11.0 Å². The second kappa shape index (κ2) is 6.32. The van der Waals surface area contributed by atoms with Crippen LogP contribution in [0.1, 0.15) is 0 Å². The van der Waals surface area contributed by atoms with Crippen molar-refractivity contribution >= 4 is 32.6 Å². The number of hydrogen-bond acceptors (Lipinski definition) is 1. The van der Waals surface area contributed by atoms with E-state index in [0.29, 0.717) is 0 Å². The quantitative estimate of drug-likeness (QED) is 0.321. The van der Waals surface area contributed by atoms with Gasteiger partial charge < -0.3 is 0 Å². The van der Waals surface area contributed by atoms with E-state index in [-0.39, 0.29) is 0 Å². The molecule has 0 spiro atoms. The van der Waals surface area contributed by atoms with Gasteiger partial charge in [0, 0.05) is 11.3 Å². The standard InChI is InChI=1S/C27H18N2/c1-2-12-24(13-3-1)29-26-18-22-11-7-6-10-21(22)17-25(26)28-27(29)23-15-14-19-8-4-5-9-20(19)16-23/h1-18H. The lowest BCUT2D eigenvalue weighted by Gasteiger charge is -2.10. The molecule has 0 aliphatic heterocycles. The molecule has 2 heteroatoms. The highest BCUT2D eigenvalue weighted by Gasteiger charge is 2.15. The molecule has 5 aromatic carbocycles. The molecule has 0 saturated heterocycles. The Morgan fingerprint density at radius 2 is 1.14 bits per heavy atom. The average Bonchev–Trinajstić information content (AvgIpc) is 3.16. The van der Waals surface area contributed by atoms with Gasteiger partial charge in [0.1, 0.15) is 5.82 Å². The van der Waals surface area contributed by atoms with Crippen LogP contribution in [0.2, 0.25) is 0 Å². The molecule has 0 bridgehead atoms. The minimum atomic E-state index is 0.965. The van der Waals surface area contributed by atoms with Crippen LogP contribution >= 0.6 is 0 Å². The first-order chi connectivity index (χ1) is 14.4. The lowest BCUT2D eigenvalue weighted by molar-refractivity contribution is 1.10. The van der Waals surface area contributed by atoms with Crippen molar-refractivity contribution in [1.82, 2.24) is 9.55 Å². The van der Waals surface area contributed by atoms with Crippen LogP contribution in [0.15, 0.2) is 109 Å². The molecule has 29 heavy (non-hydrogen) atoms. The number of rotatable bonds is 2. The summed E-state index contributed by atoms with van der Waals surface area (Å²) in [5, 5.41) is 4.90. The first-order valence-electron chi connectivity index (χ1n) is 9.83. The van der Waals surface area contributed by atoms with Crippen LogP contribution in [-0.4, -0.2) is 9.55 Å². The second-order valence-corrected chi connectivity index (χ2v) is 7.36. The molecule has 1 heterocycles. The SMILES string of the molecule is c1ccc(-n2c(-c3ccc4ccccc4c3)nc3cc4ccccc4cc32)cc1. The summed E-state index contributed by atoms with van der Waals surface area (Å²) in [6.45, 7) is 0. The zero-order chi connectivity index (χ0) is 19.2. The number of hydrogen-bond donors (Lipinski definition) is 0. The predicted octanol–water partition coefficient (Wildman–Crippen LogP) is 7.00. The fourth-order valence-corrected chi connectivity index (χ4v) is 4.12. The number of imidazole rings is 1. The molecule has 0 atom stereocenters. The third-order valence-electron chi connectivity index (χ3n) is 5.54. The lowest BCUT2D eigenvalue weighted by Crippen LogP contribution is -1.97. The maximum Gasteiger partial charge on any atom is 0.145 e. The lowest BCUT2D eigenvalue weighted by atomic mass is 10.1. The summed E-state index contributed by atoms with van der Waals surface area (Å²) >= 11 is 0. The van der Waals surface area contributed by atoms with Gasteiger partial charge >= 0.3 is 0 Å². The van der Waals surface area contributed by atoms with E-state index in [0.717, 1.165) is 28.1 Å². The van der Waals surface area contributed by atoms with E-state index in [9.17, 15) is 0 Å². The number of fused-ring (bicyclic) bond motifs is 3. The highest BCUT2D eigenvalue weighted by atomic mass is 15.1. The fraction of sp³-hybridized carbons (Fsp3) is 0. The maximum absolute atomic E-state index is 5.08. The topological polar surface area (TPSA) is 17.8 Å². The number of benzene rings is 5. The molecular weight excluding hydrogens is 352 g/mol. The van der Waals surface area contributed by atoms with E-state index in [1.165, 1.54) is 21.5 Å². The molecular formula is C27H18N2. The zero-order valence-electron chi connectivity index (χ0n) is 15.8. The molecule has 136 valence electrons. The Bertz CT molecular complexity index is 1490. The van der Waals surface area contributed by atoms with Crippen LogP contribution in [0, 0.1) is 0 Å². The van der Waals surface area contributed by atoms with Crippen molar-refractivity contribution in [2.75, 3.05) is 0 Å². The highest BCUT2D eigenvalue weighted by Crippen LogP contribution is 2.32. The molecule has 6 aromatic rings. The zero-order valence-corrected chi connectivity index (χ0v) is 15.8. The molecule has 0 fully saturated rings. The van der Waals surface area contributed by atoms with Crippen molar-refractivity contribution in [2.45, 2.75) is 0 Å². The Labute approximate surface area is 168 Å². The van der Waals surface area contributed by atoms with Crippen LogP contribution in [0.3, 0.4) is 0 Å². The van der Waals surface area contributed by atoms with E-state index in [4.69, 9.17) is 4.98 Å². The summed E-state index contributed by atoms with van der Waals surface area (Å²) in [6, 6.07) is 38.4. The molecule has 0 saturated carbocycles. The van der Waals surface area contributed by atoms with Crippen molar-refractivity contribution in [2.24, 2.45) is 0 Å². The van der Waals surface area contributed by atoms with Gasteiger partial charge in [-0.25, -0.2) is 4.98 Å². The predicted molar refractivity (Wildman–Crippen MR) is 122 cm³/mol. The summed E-state index contributed by atoms with van der Waals surface area (Å²) in [7, 11) is 0. The van der Waals surface area contributed by atoms with E-state index in [1.54, 1.807) is 0 Å². The second-order valence-electron chi connectivity index (χ2n) is 7.36. The van der Waals surface area contributed by atoms with Gasteiger partial charge in [0.15, 0.2) is 0 Å². The van der Waals surface area contributed by atoms with Crippen LogP contribution < -0.4 is 0 Å². The van der Waals surface area contributed by atoms with E-state index in [1.807, 2.05) is 6.07 Å². The summed E-state index contributed by atoms with van der Waals surface area (Å²) in [6.07, 6.45) is 0. The van der Waals surface area contributed by atoms with E-state index in [2.05, 4.69) is 108 Å². The van der Waals surface area contributed by atoms with Gasteiger partial charge in [-0.3, -0.25) is 4.57 Å². The van der Waals surface area contributed by atoms with Crippen LogP contribution in [0.25, 0.3) is 49.7 Å². The number of para-hydroxylation sites is 1. The van der Waals surface area contributed by atoms with Crippen LogP contribution in [0.5, 0.6) is 0 Å². The normalized spacial score (nSPS) is 11.4. The maximum atomic E-state index is 5.08. The Kier molecular flexibility index (Phi) is 3.50. The van der Waals surface area contributed by atoms with Gasteiger partial charge in [-0.1, -0.05) is 78.9 Å². The minimum absolute atomic E-state index is 0.965. The molecule has 0 aliphatic carbocycles. The largest absolute Gasteiger partial charge is 0.292 e. The molecule has 1 aromatic heterocycles. The molecule has 0 N–H and O–H groups in total. The highest BCUT2D eigenvalue weighted by molar-refractivity contribution is 5.98. The summed E-state index contributed by atoms with van der Waals surface area (Å²) in [5.41, 5.74) is 4.37.